The van der Waals surface area contributed by atoms with E-state index in [9.17, 15) is 27.9 Å². The number of carboxylic acid groups (broad SMARTS) is 1. The number of carboxylic acids is 1. The van der Waals surface area contributed by atoms with E-state index in [-0.39, 0.29) is 16.4 Å². The van der Waals surface area contributed by atoms with E-state index in [1.807, 2.05) is 0 Å². The number of halogens is 3. The number of ketones is 1. The highest BCUT2D eigenvalue weighted by atomic mass is 32.1. The summed E-state index contributed by atoms with van der Waals surface area (Å²) in [5.74, 6) is -1.67. The van der Waals surface area contributed by atoms with Crippen molar-refractivity contribution in [2.75, 3.05) is 0 Å². The maximum absolute atomic E-state index is 13.5. The third-order valence-corrected chi connectivity index (χ3v) is 5.96. The number of fused-ring (bicyclic) bond motifs is 1. The molecule has 5 nitrogen and oxygen atoms in total. The Morgan fingerprint density at radius 1 is 0.971 bits per heavy atom. The molecule has 4 rings (SSSR count). The summed E-state index contributed by atoms with van der Waals surface area (Å²) in [5.41, 5.74) is -0.976. The van der Waals surface area contributed by atoms with Crippen molar-refractivity contribution >= 4 is 39.3 Å². The van der Waals surface area contributed by atoms with E-state index in [1.54, 1.807) is 24.3 Å². The molecule has 0 atom stereocenters. The van der Waals surface area contributed by atoms with Gasteiger partial charge in [-0.3, -0.25) is 4.79 Å². The van der Waals surface area contributed by atoms with Gasteiger partial charge in [-0.2, -0.15) is 13.2 Å². The van der Waals surface area contributed by atoms with Gasteiger partial charge in [-0.05, 0) is 48.0 Å². The van der Waals surface area contributed by atoms with Crippen LogP contribution in [0.4, 0.5) is 13.2 Å². The Labute approximate surface area is 195 Å². The highest BCUT2D eigenvalue weighted by molar-refractivity contribution is 7.21. The molecule has 34 heavy (non-hydrogen) atoms. The molecule has 1 aromatic heterocycles. The van der Waals surface area contributed by atoms with Crippen molar-refractivity contribution in [2.24, 2.45) is 0 Å². The predicted molar refractivity (Wildman–Crippen MR) is 122 cm³/mol. The molecule has 0 aliphatic rings. The molecule has 9 heteroatoms. The van der Waals surface area contributed by atoms with Crippen molar-refractivity contribution in [3.05, 3.63) is 94.4 Å². The Morgan fingerprint density at radius 3 is 2.35 bits per heavy atom. The van der Waals surface area contributed by atoms with Gasteiger partial charge >= 0.3 is 12.1 Å². The topological polar surface area (TPSA) is 83.8 Å². The van der Waals surface area contributed by atoms with Crippen molar-refractivity contribution in [3.63, 3.8) is 0 Å². The maximum atomic E-state index is 13.5. The number of hydrogen-bond acceptors (Lipinski definition) is 5. The van der Waals surface area contributed by atoms with Crippen LogP contribution in [0.3, 0.4) is 0 Å². The van der Waals surface area contributed by atoms with E-state index in [0.29, 0.717) is 21.4 Å². The Kier molecular flexibility index (Phi) is 6.12. The van der Waals surface area contributed by atoms with Crippen LogP contribution in [0.25, 0.3) is 16.2 Å². The lowest BCUT2D eigenvalue weighted by atomic mass is 10.0. The van der Waals surface area contributed by atoms with Crippen LogP contribution in [0.15, 0.2) is 72.8 Å². The molecule has 0 spiro atoms. The smallest absolute Gasteiger partial charge is 0.417 e. The van der Waals surface area contributed by atoms with Gasteiger partial charge in [0.05, 0.1) is 5.56 Å². The van der Waals surface area contributed by atoms with Crippen LogP contribution >= 0.6 is 11.3 Å². The van der Waals surface area contributed by atoms with E-state index in [1.165, 1.54) is 36.4 Å². The number of phenols is 1. The van der Waals surface area contributed by atoms with Crippen molar-refractivity contribution in [3.8, 4) is 17.2 Å². The molecule has 0 fully saturated rings. The number of alkyl halides is 3. The number of aliphatic carboxylic acids is 1. The summed E-state index contributed by atoms with van der Waals surface area (Å²) in [7, 11) is 0. The van der Waals surface area contributed by atoms with E-state index >= 15 is 0 Å². The fraction of sp³-hybridized carbons (Fsp3) is 0.0400. The summed E-state index contributed by atoms with van der Waals surface area (Å²) >= 11 is 0.916. The minimum Gasteiger partial charge on any atom is -0.508 e. The van der Waals surface area contributed by atoms with Crippen LogP contribution in [-0.4, -0.2) is 22.0 Å². The highest BCUT2D eigenvalue weighted by Gasteiger charge is 2.36. The Balaban J connectivity index is 1.79. The largest absolute Gasteiger partial charge is 0.508 e. The molecule has 172 valence electrons. The van der Waals surface area contributed by atoms with E-state index in [4.69, 9.17) is 9.84 Å². The first-order valence-corrected chi connectivity index (χ1v) is 10.6. The third kappa shape index (κ3) is 4.79. The van der Waals surface area contributed by atoms with Crippen LogP contribution in [0.2, 0.25) is 0 Å². The minimum atomic E-state index is -4.72. The SMILES string of the molecule is O=C(O)C=Cc1ccc(Oc2c(C(=O)c3ccccc3C(F)(F)F)sc3cc(O)ccc23)cc1. The van der Waals surface area contributed by atoms with Crippen LogP contribution in [0.1, 0.15) is 26.4 Å². The van der Waals surface area contributed by atoms with Gasteiger partial charge in [0.15, 0.2) is 5.75 Å². The zero-order valence-corrected chi connectivity index (χ0v) is 18.0. The maximum Gasteiger partial charge on any atom is 0.417 e. The summed E-state index contributed by atoms with van der Waals surface area (Å²) in [6.45, 7) is 0. The molecule has 0 saturated heterocycles. The fourth-order valence-electron chi connectivity index (χ4n) is 3.30. The van der Waals surface area contributed by atoms with Crippen molar-refractivity contribution < 1.29 is 37.7 Å². The van der Waals surface area contributed by atoms with Gasteiger partial charge in [-0.1, -0.05) is 30.3 Å². The lowest BCUT2D eigenvalue weighted by molar-refractivity contribution is -0.138. The fourth-order valence-corrected chi connectivity index (χ4v) is 4.41. The van der Waals surface area contributed by atoms with Gasteiger partial charge in [-0.15, -0.1) is 11.3 Å². The van der Waals surface area contributed by atoms with Crippen LogP contribution in [0, 0.1) is 0 Å². The van der Waals surface area contributed by atoms with Crippen molar-refractivity contribution in [1.29, 1.82) is 0 Å². The van der Waals surface area contributed by atoms with Gasteiger partial charge in [0.2, 0.25) is 5.78 Å². The summed E-state index contributed by atoms with van der Waals surface area (Å²) in [5, 5.41) is 19.0. The molecular weight excluding hydrogens is 469 g/mol. The predicted octanol–water partition coefficient (Wildman–Crippen LogP) is 6.75. The average molecular weight is 484 g/mol. The molecule has 0 amide bonds. The Bertz CT molecular complexity index is 1420. The number of hydrogen-bond donors (Lipinski definition) is 2. The first kappa shape index (κ1) is 23.1. The van der Waals surface area contributed by atoms with Crippen molar-refractivity contribution in [1.82, 2.24) is 0 Å². The Morgan fingerprint density at radius 2 is 1.68 bits per heavy atom. The number of carbonyl (C=O) groups is 2. The average Bonchev–Trinajstić information content (AvgIpc) is 3.14. The van der Waals surface area contributed by atoms with Crippen LogP contribution < -0.4 is 4.74 Å². The van der Waals surface area contributed by atoms with Crippen molar-refractivity contribution in [2.45, 2.75) is 6.18 Å². The second-order valence-corrected chi connectivity index (χ2v) is 8.21. The molecule has 0 saturated carbocycles. The zero-order valence-electron chi connectivity index (χ0n) is 17.2. The standard InChI is InChI=1S/C25H15F3O5S/c26-25(27,28)19-4-2-1-3-17(19)22(32)24-23(18-11-8-15(29)13-20(18)34-24)33-16-9-5-14(6-10-16)7-12-21(30)31/h1-13,29H,(H,30,31). The number of ether oxygens (including phenoxy) is 1. The number of benzene rings is 3. The molecular formula is C25H15F3O5S. The van der Waals surface area contributed by atoms with Gasteiger partial charge < -0.3 is 14.9 Å². The molecule has 0 unspecified atom stereocenters. The van der Waals surface area contributed by atoms with Gasteiger partial charge in [0, 0.05) is 21.7 Å². The van der Waals surface area contributed by atoms with E-state index in [0.717, 1.165) is 29.5 Å². The van der Waals surface area contributed by atoms with Gasteiger partial charge in [0.1, 0.15) is 16.4 Å². The van der Waals surface area contributed by atoms with E-state index < -0.39 is 29.1 Å². The van der Waals surface area contributed by atoms with Gasteiger partial charge in [0.25, 0.3) is 0 Å². The monoisotopic (exact) mass is 484 g/mol. The highest BCUT2D eigenvalue weighted by Crippen LogP contribution is 2.44. The Hall–Kier alpha value is -4.11. The number of carbonyl (C=O) groups excluding carboxylic acids is 1. The van der Waals surface area contributed by atoms with Crippen LogP contribution in [0.5, 0.6) is 17.2 Å². The normalized spacial score (nSPS) is 11.7. The summed E-state index contributed by atoms with van der Waals surface area (Å²) < 4.78 is 47.0. The second kappa shape index (κ2) is 9.03. The minimum absolute atomic E-state index is 0.0489. The lowest BCUT2D eigenvalue weighted by Crippen LogP contribution is -2.13. The van der Waals surface area contributed by atoms with Crippen LogP contribution in [-0.2, 0) is 11.0 Å². The second-order valence-electron chi connectivity index (χ2n) is 7.16. The molecule has 3 aromatic carbocycles. The molecule has 0 aliphatic heterocycles. The third-order valence-electron chi connectivity index (χ3n) is 4.83. The molecule has 0 bridgehead atoms. The number of aromatic hydroxyl groups is 1. The van der Waals surface area contributed by atoms with E-state index in [2.05, 4.69) is 0 Å². The molecule has 1 heterocycles. The zero-order chi connectivity index (χ0) is 24.5. The lowest BCUT2D eigenvalue weighted by Gasteiger charge is -2.12. The quantitative estimate of drug-likeness (QED) is 0.234. The molecule has 4 aromatic rings. The van der Waals surface area contributed by atoms with Gasteiger partial charge in [-0.25, -0.2) is 4.79 Å². The molecule has 0 radical (unpaired) electrons. The first-order valence-electron chi connectivity index (χ1n) is 9.79. The molecule has 0 aliphatic carbocycles. The number of phenolic OH excluding ortho intramolecular Hbond substituents is 1. The first-order chi connectivity index (χ1) is 16.1. The summed E-state index contributed by atoms with van der Waals surface area (Å²) in [4.78, 5) is 23.9. The summed E-state index contributed by atoms with van der Waals surface area (Å²) in [6.07, 6.45) is -2.36. The molecule has 2 N–H and O–H groups in total. The summed E-state index contributed by atoms with van der Waals surface area (Å²) in [6, 6.07) is 15.1. The number of thiophene rings is 1. The number of rotatable bonds is 6.